The SMILES string of the molecule is CCC(N)C(c1ccc(OC)cc1)N1CCCC1CC. The Morgan fingerprint density at radius 1 is 1.30 bits per heavy atom. The fraction of sp³-hybridized carbons (Fsp3) is 0.647. The molecule has 1 aromatic carbocycles. The summed E-state index contributed by atoms with van der Waals surface area (Å²) in [7, 11) is 1.71. The van der Waals surface area contributed by atoms with E-state index in [1.54, 1.807) is 7.11 Å². The fourth-order valence-electron chi connectivity index (χ4n) is 3.37. The zero-order valence-electron chi connectivity index (χ0n) is 13.0. The molecule has 112 valence electrons. The third-order valence-corrected chi connectivity index (χ3v) is 4.59. The summed E-state index contributed by atoms with van der Waals surface area (Å²) >= 11 is 0. The van der Waals surface area contributed by atoms with Gasteiger partial charge in [-0.2, -0.15) is 0 Å². The van der Waals surface area contributed by atoms with Gasteiger partial charge in [-0.25, -0.2) is 0 Å². The molecule has 0 amide bonds. The van der Waals surface area contributed by atoms with E-state index < -0.39 is 0 Å². The van der Waals surface area contributed by atoms with Gasteiger partial charge in [-0.3, -0.25) is 4.90 Å². The first kappa shape index (κ1) is 15.3. The van der Waals surface area contributed by atoms with Crippen LogP contribution in [0.1, 0.15) is 51.1 Å². The molecule has 3 unspecified atom stereocenters. The zero-order valence-corrected chi connectivity index (χ0v) is 13.0. The zero-order chi connectivity index (χ0) is 14.5. The summed E-state index contributed by atoms with van der Waals surface area (Å²) in [6, 6.07) is 9.63. The van der Waals surface area contributed by atoms with Crippen molar-refractivity contribution < 1.29 is 4.74 Å². The van der Waals surface area contributed by atoms with E-state index in [2.05, 4.69) is 30.9 Å². The molecule has 1 aromatic rings. The number of hydrogen-bond acceptors (Lipinski definition) is 3. The average Bonchev–Trinajstić information content (AvgIpc) is 2.96. The minimum atomic E-state index is 0.190. The van der Waals surface area contributed by atoms with Crippen LogP contribution >= 0.6 is 0 Å². The third-order valence-electron chi connectivity index (χ3n) is 4.59. The van der Waals surface area contributed by atoms with Crippen LogP contribution in [0.5, 0.6) is 5.75 Å². The molecule has 1 heterocycles. The molecule has 20 heavy (non-hydrogen) atoms. The lowest BCUT2D eigenvalue weighted by atomic mass is 9.95. The number of ether oxygens (including phenoxy) is 1. The van der Waals surface area contributed by atoms with Crippen LogP contribution in [0.15, 0.2) is 24.3 Å². The highest BCUT2D eigenvalue weighted by molar-refractivity contribution is 5.30. The van der Waals surface area contributed by atoms with Crippen molar-refractivity contribution >= 4 is 0 Å². The molecule has 0 aliphatic carbocycles. The van der Waals surface area contributed by atoms with E-state index in [0.717, 1.165) is 12.2 Å². The smallest absolute Gasteiger partial charge is 0.118 e. The summed E-state index contributed by atoms with van der Waals surface area (Å²) in [5.41, 5.74) is 7.76. The first-order valence-corrected chi connectivity index (χ1v) is 7.86. The van der Waals surface area contributed by atoms with Gasteiger partial charge in [0.05, 0.1) is 13.2 Å². The Morgan fingerprint density at radius 2 is 2.00 bits per heavy atom. The molecule has 0 aromatic heterocycles. The first-order chi connectivity index (χ1) is 9.71. The lowest BCUT2D eigenvalue weighted by molar-refractivity contribution is 0.150. The van der Waals surface area contributed by atoms with Crippen molar-refractivity contribution in [3.05, 3.63) is 29.8 Å². The van der Waals surface area contributed by atoms with Crippen LogP contribution in [-0.2, 0) is 0 Å². The third kappa shape index (κ3) is 3.15. The highest BCUT2D eigenvalue weighted by Crippen LogP contribution is 2.34. The summed E-state index contributed by atoms with van der Waals surface area (Å²) < 4.78 is 5.26. The number of methoxy groups -OCH3 is 1. The van der Waals surface area contributed by atoms with Crippen molar-refractivity contribution in [2.45, 2.75) is 57.7 Å². The van der Waals surface area contributed by atoms with Gasteiger partial charge in [0.2, 0.25) is 0 Å². The maximum Gasteiger partial charge on any atom is 0.118 e. The molecule has 1 aliphatic rings. The molecule has 2 rings (SSSR count). The van der Waals surface area contributed by atoms with Gasteiger partial charge in [0, 0.05) is 12.1 Å². The highest BCUT2D eigenvalue weighted by atomic mass is 16.5. The van der Waals surface area contributed by atoms with E-state index in [9.17, 15) is 0 Å². The van der Waals surface area contributed by atoms with Crippen LogP contribution in [0, 0.1) is 0 Å². The minimum Gasteiger partial charge on any atom is -0.497 e. The Balaban J connectivity index is 2.26. The average molecular weight is 276 g/mol. The Hall–Kier alpha value is -1.06. The summed E-state index contributed by atoms with van der Waals surface area (Å²) in [5, 5.41) is 0. The Labute approximate surface area is 123 Å². The number of nitrogens with two attached hydrogens (primary N) is 1. The highest BCUT2D eigenvalue weighted by Gasteiger charge is 2.33. The standard InChI is InChI=1S/C17H28N2O/c1-4-14-7-6-12-19(14)17(16(18)5-2)13-8-10-15(20-3)11-9-13/h8-11,14,16-17H,4-7,12,18H2,1-3H3. The fourth-order valence-corrected chi connectivity index (χ4v) is 3.37. The van der Waals surface area contributed by atoms with Gasteiger partial charge in [0.25, 0.3) is 0 Å². The second-order valence-electron chi connectivity index (χ2n) is 5.73. The normalized spacial score (nSPS) is 22.7. The molecule has 3 nitrogen and oxygen atoms in total. The molecule has 0 saturated carbocycles. The number of nitrogens with zero attached hydrogens (tertiary/aromatic N) is 1. The van der Waals surface area contributed by atoms with E-state index in [1.807, 2.05) is 12.1 Å². The van der Waals surface area contributed by atoms with Crippen LogP contribution in [0.25, 0.3) is 0 Å². The predicted octanol–water partition coefficient (Wildman–Crippen LogP) is 3.35. The first-order valence-electron chi connectivity index (χ1n) is 7.86. The number of benzene rings is 1. The maximum absolute atomic E-state index is 6.44. The van der Waals surface area contributed by atoms with Crippen molar-refractivity contribution in [1.29, 1.82) is 0 Å². The molecule has 2 N–H and O–H groups in total. The van der Waals surface area contributed by atoms with Crippen LogP contribution in [0.3, 0.4) is 0 Å². The lowest BCUT2D eigenvalue weighted by Gasteiger charge is -2.36. The molecule has 3 heteroatoms. The molecule has 0 spiro atoms. The predicted molar refractivity (Wildman–Crippen MR) is 84.0 cm³/mol. The van der Waals surface area contributed by atoms with Gasteiger partial charge < -0.3 is 10.5 Å². The van der Waals surface area contributed by atoms with Crippen molar-refractivity contribution in [2.75, 3.05) is 13.7 Å². The number of rotatable bonds is 6. The van der Waals surface area contributed by atoms with Crippen molar-refractivity contribution in [3.63, 3.8) is 0 Å². The molecule has 0 bridgehead atoms. The molecule has 1 fully saturated rings. The van der Waals surface area contributed by atoms with E-state index in [0.29, 0.717) is 12.1 Å². The molecule has 0 radical (unpaired) electrons. The maximum atomic E-state index is 6.44. The Morgan fingerprint density at radius 3 is 2.55 bits per heavy atom. The quantitative estimate of drug-likeness (QED) is 0.866. The molecule has 1 saturated heterocycles. The van der Waals surface area contributed by atoms with Gasteiger partial charge in [-0.15, -0.1) is 0 Å². The molecular weight excluding hydrogens is 248 g/mol. The largest absolute Gasteiger partial charge is 0.497 e. The van der Waals surface area contributed by atoms with Crippen molar-refractivity contribution in [2.24, 2.45) is 5.73 Å². The number of hydrogen-bond donors (Lipinski definition) is 1. The van der Waals surface area contributed by atoms with Crippen LogP contribution < -0.4 is 10.5 Å². The van der Waals surface area contributed by atoms with Crippen LogP contribution in [0.4, 0.5) is 0 Å². The van der Waals surface area contributed by atoms with Gasteiger partial charge >= 0.3 is 0 Å². The van der Waals surface area contributed by atoms with Crippen LogP contribution in [0.2, 0.25) is 0 Å². The summed E-state index contributed by atoms with van der Waals surface area (Å²) in [6.45, 7) is 5.63. The van der Waals surface area contributed by atoms with E-state index in [1.165, 1.54) is 31.4 Å². The monoisotopic (exact) mass is 276 g/mol. The van der Waals surface area contributed by atoms with Crippen LogP contribution in [-0.4, -0.2) is 30.6 Å². The molecule has 3 atom stereocenters. The Bertz CT molecular complexity index is 404. The van der Waals surface area contributed by atoms with Gasteiger partial charge in [0.1, 0.15) is 5.75 Å². The van der Waals surface area contributed by atoms with Crippen molar-refractivity contribution in [3.8, 4) is 5.75 Å². The van der Waals surface area contributed by atoms with E-state index >= 15 is 0 Å². The summed E-state index contributed by atoms with van der Waals surface area (Å²) in [5.74, 6) is 0.908. The second-order valence-corrected chi connectivity index (χ2v) is 5.73. The Kier molecular flexibility index (Phi) is 5.44. The van der Waals surface area contributed by atoms with Crippen molar-refractivity contribution in [1.82, 2.24) is 4.90 Å². The number of likely N-dealkylation sites (tertiary alicyclic amines) is 1. The van der Waals surface area contributed by atoms with Gasteiger partial charge in [-0.05, 0) is 49.9 Å². The van der Waals surface area contributed by atoms with Gasteiger partial charge in [-0.1, -0.05) is 26.0 Å². The lowest BCUT2D eigenvalue weighted by Crippen LogP contribution is -2.43. The van der Waals surface area contributed by atoms with Gasteiger partial charge in [0.15, 0.2) is 0 Å². The minimum absolute atomic E-state index is 0.190. The second kappa shape index (κ2) is 7.09. The summed E-state index contributed by atoms with van der Waals surface area (Å²) in [6.07, 6.45) is 4.81. The summed E-state index contributed by atoms with van der Waals surface area (Å²) in [4.78, 5) is 2.62. The molecule has 1 aliphatic heterocycles. The topological polar surface area (TPSA) is 38.5 Å². The van der Waals surface area contributed by atoms with E-state index in [-0.39, 0.29) is 6.04 Å². The van der Waals surface area contributed by atoms with E-state index in [4.69, 9.17) is 10.5 Å². The molecular formula is C17H28N2O.